The molecule has 22 heavy (non-hydrogen) atoms. The number of likely N-dealkylation sites (tertiary alicyclic amines) is 1. The van der Waals surface area contributed by atoms with Gasteiger partial charge in [0.25, 0.3) is 0 Å². The lowest BCUT2D eigenvalue weighted by Gasteiger charge is -2.36. The minimum atomic E-state index is -1.51. The first-order chi connectivity index (χ1) is 10.4. The molecule has 1 aromatic rings. The zero-order valence-electron chi connectivity index (χ0n) is 12.5. The largest absolute Gasteiger partial charge is 0.464 e. The van der Waals surface area contributed by atoms with Gasteiger partial charge in [-0.15, -0.1) is 0 Å². The predicted molar refractivity (Wildman–Crippen MR) is 77.5 cm³/mol. The third-order valence-corrected chi connectivity index (χ3v) is 3.84. The van der Waals surface area contributed by atoms with Gasteiger partial charge in [-0.2, -0.15) is 0 Å². The molecule has 0 spiro atoms. The van der Waals surface area contributed by atoms with E-state index < -0.39 is 11.6 Å². The Labute approximate surface area is 128 Å². The molecule has 1 fully saturated rings. The van der Waals surface area contributed by atoms with Crippen LogP contribution < -0.4 is 0 Å². The molecular weight excluding hydrogens is 289 g/mol. The van der Waals surface area contributed by atoms with Crippen LogP contribution in [0, 0.1) is 5.82 Å². The van der Waals surface area contributed by atoms with Gasteiger partial charge >= 0.3 is 5.97 Å². The van der Waals surface area contributed by atoms with Gasteiger partial charge in [0, 0.05) is 25.9 Å². The van der Waals surface area contributed by atoms with Crippen LogP contribution in [-0.2, 0) is 20.7 Å². The number of carbonyl (C=O) groups excluding carboxylic acids is 2. The van der Waals surface area contributed by atoms with Crippen LogP contribution in [0.2, 0.25) is 0 Å². The van der Waals surface area contributed by atoms with Gasteiger partial charge in [0.1, 0.15) is 5.82 Å². The van der Waals surface area contributed by atoms with Gasteiger partial charge in [-0.05, 0) is 24.6 Å². The Hall–Kier alpha value is -1.95. The lowest BCUT2D eigenvalue weighted by molar-refractivity contribution is -0.171. The molecule has 1 aliphatic heterocycles. The minimum Gasteiger partial charge on any atom is -0.464 e. The molecule has 0 bridgehead atoms. The van der Waals surface area contributed by atoms with Crippen molar-refractivity contribution in [2.45, 2.75) is 31.8 Å². The number of esters is 1. The van der Waals surface area contributed by atoms with Crippen LogP contribution in [0.1, 0.15) is 25.3 Å². The quantitative estimate of drug-likeness (QED) is 0.851. The van der Waals surface area contributed by atoms with E-state index in [1.165, 1.54) is 12.1 Å². The molecule has 1 N–H and O–H groups in total. The first-order valence-electron chi connectivity index (χ1n) is 7.36. The monoisotopic (exact) mass is 309 g/mol. The molecule has 2 rings (SSSR count). The molecule has 1 amide bonds. The molecule has 6 heteroatoms. The summed E-state index contributed by atoms with van der Waals surface area (Å²) in [6, 6.07) is 5.92. The highest BCUT2D eigenvalue weighted by atomic mass is 19.1. The van der Waals surface area contributed by atoms with Crippen molar-refractivity contribution in [2.24, 2.45) is 0 Å². The fourth-order valence-electron chi connectivity index (χ4n) is 2.53. The summed E-state index contributed by atoms with van der Waals surface area (Å²) in [5.41, 5.74) is -0.901. The van der Waals surface area contributed by atoms with E-state index in [1.54, 1.807) is 24.0 Å². The lowest BCUT2D eigenvalue weighted by Crippen LogP contribution is -2.51. The third kappa shape index (κ3) is 3.82. The Morgan fingerprint density at radius 2 is 2.05 bits per heavy atom. The second kappa shape index (κ2) is 6.87. The first kappa shape index (κ1) is 16.4. The van der Waals surface area contributed by atoms with Crippen molar-refractivity contribution in [3.63, 3.8) is 0 Å². The van der Waals surface area contributed by atoms with Crippen molar-refractivity contribution >= 4 is 11.9 Å². The van der Waals surface area contributed by atoms with Crippen molar-refractivity contribution in [1.29, 1.82) is 0 Å². The van der Waals surface area contributed by atoms with Gasteiger partial charge in [0.2, 0.25) is 5.91 Å². The van der Waals surface area contributed by atoms with Gasteiger partial charge in [-0.1, -0.05) is 12.1 Å². The number of benzene rings is 1. The van der Waals surface area contributed by atoms with E-state index in [9.17, 15) is 19.1 Å². The average molecular weight is 309 g/mol. The SMILES string of the molecule is CCOC(=O)C1(O)CCN(C(=O)Cc2cccc(F)c2)CC1. The Morgan fingerprint density at radius 1 is 1.36 bits per heavy atom. The van der Waals surface area contributed by atoms with Gasteiger partial charge in [-0.25, -0.2) is 9.18 Å². The fraction of sp³-hybridized carbons (Fsp3) is 0.500. The maximum absolute atomic E-state index is 13.1. The summed E-state index contributed by atoms with van der Waals surface area (Å²) >= 11 is 0. The van der Waals surface area contributed by atoms with Crippen molar-refractivity contribution in [3.8, 4) is 0 Å². The summed E-state index contributed by atoms with van der Waals surface area (Å²) < 4.78 is 18.0. The molecule has 0 aromatic heterocycles. The number of hydrogen-bond acceptors (Lipinski definition) is 4. The van der Waals surface area contributed by atoms with Gasteiger partial charge in [0.15, 0.2) is 5.60 Å². The Morgan fingerprint density at radius 3 is 2.64 bits per heavy atom. The maximum atomic E-state index is 13.1. The molecule has 1 heterocycles. The van der Waals surface area contributed by atoms with Gasteiger partial charge < -0.3 is 14.7 Å². The number of rotatable bonds is 4. The number of carbonyl (C=O) groups is 2. The average Bonchev–Trinajstić information content (AvgIpc) is 2.48. The topological polar surface area (TPSA) is 66.8 Å². The molecule has 0 radical (unpaired) electrons. The highest BCUT2D eigenvalue weighted by Gasteiger charge is 2.41. The van der Waals surface area contributed by atoms with Crippen LogP contribution in [0.5, 0.6) is 0 Å². The number of halogens is 1. The summed E-state index contributed by atoms with van der Waals surface area (Å²) in [6.45, 7) is 2.45. The standard InChI is InChI=1S/C16H20FNO4/c1-2-22-15(20)16(21)6-8-18(9-7-16)14(19)11-12-4-3-5-13(17)10-12/h3-5,10,21H,2,6-9,11H2,1H3. The highest BCUT2D eigenvalue weighted by molar-refractivity contribution is 5.81. The number of nitrogens with zero attached hydrogens (tertiary/aromatic N) is 1. The van der Waals surface area contributed by atoms with Crippen LogP contribution in [0.3, 0.4) is 0 Å². The van der Waals surface area contributed by atoms with E-state index in [0.717, 1.165) is 0 Å². The van der Waals surface area contributed by atoms with Crippen LogP contribution in [0.25, 0.3) is 0 Å². The normalized spacial score (nSPS) is 17.1. The van der Waals surface area contributed by atoms with E-state index in [2.05, 4.69) is 0 Å². The van der Waals surface area contributed by atoms with Crippen LogP contribution in [-0.4, -0.2) is 47.2 Å². The first-order valence-corrected chi connectivity index (χ1v) is 7.36. The molecule has 0 atom stereocenters. The Balaban J connectivity index is 1.91. The van der Waals surface area contributed by atoms with E-state index >= 15 is 0 Å². The van der Waals surface area contributed by atoms with Crippen LogP contribution >= 0.6 is 0 Å². The molecule has 0 unspecified atom stereocenters. The molecule has 1 aromatic carbocycles. The number of amides is 1. The third-order valence-electron chi connectivity index (χ3n) is 3.84. The summed E-state index contributed by atoms with van der Waals surface area (Å²) in [7, 11) is 0. The predicted octanol–water partition coefficient (Wildman–Crippen LogP) is 1.28. The van der Waals surface area contributed by atoms with Gasteiger partial charge in [-0.3, -0.25) is 4.79 Å². The molecule has 1 saturated heterocycles. The summed E-state index contributed by atoms with van der Waals surface area (Å²) in [6.07, 6.45) is 0.414. The fourth-order valence-corrected chi connectivity index (χ4v) is 2.53. The smallest absolute Gasteiger partial charge is 0.338 e. The number of ether oxygens (including phenoxy) is 1. The molecule has 5 nitrogen and oxygen atoms in total. The highest BCUT2D eigenvalue weighted by Crippen LogP contribution is 2.24. The Kier molecular flexibility index (Phi) is 5.13. The summed E-state index contributed by atoms with van der Waals surface area (Å²) in [5.74, 6) is -1.15. The van der Waals surface area contributed by atoms with E-state index in [-0.39, 0.29) is 50.7 Å². The van der Waals surface area contributed by atoms with E-state index in [1.807, 2.05) is 0 Å². The van der Waals surface area contributed by atoms with Crippen LogP contribution in [0.4, 0.5) is 4.39 Å². The van der Waals surface area contributed by atoms with Crippen molar-refractivity contribution in [1.82, 2.24) is 4.90 Å². The Bertz CT molecular complexity index is 553. The number of aliphatic hydroxyl groups is 1. The number of piperidine rings is 1. The zero-order chi connectivity index (χ0) is 16.2. The second-order valence-corrected chi connectivity index (χ2v) is 5.44. The molecular formula is C16H20FNO4. The molecule has 1 aliphatic rings. The van der Waals surface area contributed by atoms with Crippen molar-refractivity contribution < 1.29 is 23.8 Å². The zero-order valence-corrected chi connectivity index (χ0v) is 12.5. The second-order valence-electron chi connectivity index (χ2n) is 5.44. The van der Waals surface area contributed by atoms with E-state index in [0.29, 0.717) is 5.56 Å². The summed E-state index contributed by atoms with van der Waals surface area (Å²) in [5, 5.41) is 10.2. The minimum absolute atomic E-state index is 0.107. The maximum Gasteiger partial charge on any atom is 0.338 e. The lowest BCUT2D eigenvalue weighted by atomic mass is 9.91. The van der Waals surface area contributed by atoms with Crippen molar-refractivity contribution in [3.05, 3.63) is 35.6 Å². The van der Waals surface area contributed by atoms with E-state index in [4.69, 9.17) is 4.74 Å². The van der Waals surface area contributed by atoms with Crippen LogP contribution in [0.15, 0.2) is 24.3 Å². The number of hydrogen-bond donors (Lipinski definition) is 1. The summed E-state index contributed by atoms with van der Waals surface area (Å²) in [4.78, 5) is 25.5. The molecule has 120 valence electrons. The van der Waals surface area contributed by atoms with Crippen molar-refractivity contribution in [2.75, 3.05) is 19.7 Å². The molecule has 0 aliphatic carbocycles. The van der Waals surface area contributed by atoms with Gasteiger partial charge in [0.05, 0.1) is 13.0 Å². The molecule has 0 saturated carbocycles.